The molecule has 2 aromatic rings. The van der Waals surface area contributed by atoms with Gasteiger partial charge in [-0.1, -0.05) is 0 Å². The van der Waals surface area contributed by atoms with Crippen molar-refractivity contribution in [1.82, 2.24) is 8.61 Å². The van der Waals surface area contributed by atoms with Crippen molar-refractivity contribution in [3.63, 3.8) is 0 Å². The van der Waals surface area contributed by atoms with Gasteiger partial charge in [0.15, 0.2) is 6.61 Å². The zero-order valence-electron chi connectivity index (χ0n) is 18.2. The molecule has 1 saturated heterocycles. The quantitative estimate of drug-likeness (QED) is 0.550. The van der Waals surface area contributed by atoms with E-state index in [0.717, 1.165) is 17.1 Å². The molecular weight excluding hydrogens is 470 g/mol. The van der Waals surface area contributed by atoms with Crippen LogP contribution in [0.25, 0.3) is 0 Å². The molecule has 33 heavy (non-hydrogen) atoms. The number of carbonyl (C=O) groups excluding carboxylic acids is 2. The fourth-order valence-corrected chi connectivity index (χ4v) is 5.59. The summed E-state index contributed by atoms with van der Waals surface area (Å²) in [6.07, 6.45) is 1.68. The second kappa shape index (κ2) is 10.00. The molecule has 0 aromatic heterocycles. The monoisotopic (exact) mass is 495 g/mol. The molecule has 2 aromatic carbocycles. The van der Waals surface area contributed by atoms with Crippen LogP contribution in [0, 0.1) is 0 Å². The zero-order chi connectivity index (χ0) is 24.2. The number of sulfonamides is 2. The molecule has 1 fully saturated rings. The van der Waals surface area contributed by atoms with E-state index in [4.69, 9.17) is 4.74 Å². The van der Waals surface area contributed by atoms with Crippen LogP contribution in [0.2, 0.25) is 0 Å². The van der Waals surface area contributed by atoms with Crippen LogP contribution >= 0.6 is 0 Å². The molecule has 1 aliphatic rings. The fourth-order valence-electron chi connectivity index (χ4n) is 3.17. The van der Waals surface area contributed by atoms with E-state index in [1.807, 2.05) is 0 Å². The molecular formula is C21H25N3O7S2. The van der Waals surface area contributed by atoms with Gasteiger partial charge in [-0.25, -0.2) is 25.9 Å². The standard InChI is InChI=1S/C21H25N3O7S2/c1-23(2)32(27,28)18-9-5-16(6-10-18)21(26)31-15-20(25)22-17-7-11-19(12-8-17)33(29,30)24-13-3-4-14-24/h5-12H,3-4,13-15H2,1-2H3,(H,22,25). The highest BCUT2D eigenvalue weighted by Gasteiger charge is 2.27. The van der Waals surface area contributed by atoms with Crippen molar-refractivity contribution in [3.05, 3.63) is 54.1 Å². The lowest BCUT2D eigenvalue weighted by Crippen LogP contribution is -2.27. The molecule has 0 radical (unpaired) electrons. The third-order valence-electron chi connectivity index (χ3n) is 5.04. The van der Waals surface area contributed by atoms with Crippen LogP contribution in [0.15, 0.2) is 58.3 Å². The molecule has 12 heteroatoms. The average Bonchev–Trinajstić information content (AvgIpc) is 3.34. The number of ether oxygens (including phenoxy) is 1. The largest absolute Gasteiger partial charge is 0.452 e. The minimum absolute atomic E-state index is 0.0250. The smallest absolute Gasteiger partial charge is 0.338 e. The second-order valence-electron chi connectivity index (χ2n) is 7.57. The highest BCUT2D eigenvalue weighted by Crippen LogP contribution is 2.22. The molecule has 0 spiro atoms. The molecule has 1 N–H and O–H groups in total. The number of nitrogens with one attached hydrogen (secondary N) is 1. The predicted molar refractivity (Wildman–Crippen MR) is 121 cm³/mol. The van der Waals surface area contributed by atoms with E-state index in [1.54, 1.807) is 0 Å². The number of amides is 1. The lowest BCUT2D eigenvalue weighted by molar-refractivity contribution is -0.119. The highest BCUT2D eigenvalue weighted by atomic mass is 32.2. The SMILES string of the molecule is CN(C)S(=O)(=O)c1ccc(C(=O)OCC(=O)Nc2ccc(S(=O)(=O)N3CCCC3)cc2)cc1. The van der Waals surface area contributed by atoms with Gasteiger partial charge in [0.25, 0.3) is 5.91 Å². The van der Waals surface area contributed by atoms with Crippen molar-refractivity contribution in [2.24, 2.45) is 0 Å². The maximum atomic E-state index is 12.5. The zero-order valence-corrected chi connectivity index (χ0v) is 19.9. The summed E-state index contributed by atoms with van der Waals surface area (Å²) in [4.78, 5) is 24.4. The normalized spacial score (nSPS) is 14.9. The van der Waals surface area contributed by atoms with Crippen LogP contribution in [0.1, 0.15) is 23.2 Å². The Morgan fingerprint density at radius 2 is 1.45 bits per heavy atom. The predicted octanol–water partition coefficient (Wildman–Crippen LogP) is 1.52. The summed E-state index contributed by atoms with van der Waals surface area (Å²) in [6.45, 7) is 0.436. The van der Waals surface area contributed by atoms with Gasteiger partial charge in [0.2, 0.25) is 20.0 Å². The molecule has 0 atom stereocenters. The first-order valence-corrected chi connectivity index (χ1v) is 13.0. The number of carbonyl (C=O) groups is 2. The topological polar surface area (TPSA) is 130 Å². The third-order valence-corrected chi connectivity index (χ3v) is 8.79. The number of esters is 1. The van der Waals surface area contributed by atoms with Crippen molar-refractivity contribution in [2.75, 3.05) is 39.1 Å². The van der Waals surface area contributed by atoms with Crippen molar-refractivity contribution in [2.45, 2.75) is 22.6 Å². The Hall–Kier alpha value is -2.80. The molecule has 0 unspecified atom stereocenters. The molecule has 3 rings (SSSR count). The van der Waals surface area contributed by atoms with Gasteiger partial charge < -0.3 is 10.1 Å². The Morgan fingerprint density at radius 3 is 2.00 bits per heavy atom. The van der Waals surface area contributed by atoms with Gasteiger partial charge in [-0.3, -0.25) is 4.79 Å². The molecule has 10 nitrogen and oxygen atoms in total. The summed E-state index contributed by atoms with van der Waals surface area (Å²) < 4.78 is 56.7. The van der Waals surface area contributed by atoms with Crippen LogP contribution in [0.4, 0.5) is 5.69 Å². The van der Waals surface area contributed by atoms with Crippen LogP contribution < -0.4 is 5.32 Å². The molecule has 0 aliphatic carbocycles. The molecule has 0 bridgehead atoms. The molecule has 0 saturated carbocycles. The lowest BCUT2D eigenvalue weighted by atomic mass is 10.2. The first kappa shape index (κ1) is 24.8. The Balaban J connectivity index is 1.54. The maximum Gasteiger partial charge on any atom is 0.338 e. The summed E-state index contributed by atoms with van der Waals surface area (Å²) in [5.41, 5.74) is 0.451. The van der Waals surface area contributed by atoms with E-state index in [0.29, 0.717) is 18.8 Å². The van der Waals surface area contributed by atoms with Crippen molar-refractivity contribution in [3.8, 4) is 0 Å². The van der Waals surface area contributed by atoms with Gasteiger partial charge in [-0.15, -0.1) is 0 Å². The van der Waals surface area contributed by atoms with Crippen LogP contribution in [-0.4, -0.2) is 71.1 Å². The molecule has 178 valence electrons. The average molecular weight is 496 g/mol. The van der Waals surface area contributed by atoms with Gasteiger partial charge in [-0.2, -0.15) is 4.31 Å². The lowest BCUT2D eigenvalue weighted by Gasteiger charge is -2.15. The molecule has 1 aliphatic heterocycles. The number of nitrogens with zero attached hydrogens (tertiary/aromatic N) is 2. The van der Waals surface area contributed by atoms with Crippen molar-refractivity contribution in [1.29, 1.82) is 0 Å². The van der Waals surface area contributed by atoms with Crippen LogP contribution in [0.3, 0.4) is 0 Å². The van der Waals surface area contributed by atoms with E-state index in [2.05, 4.69) is 5.32 Å². The Labute approximate surface area is 193 Å². The van der Waals surface area contributed by atoms with E-state index in [9.17, 15) is 26.4 Å². The summed E-state index contributed by atoms with van der Waals surface area (Å²) in [5, 5.41) is 2.53. The molecule has 1 heterocycles. The van der Waals surface area contributed by atoms with E-state index in [-0.39, 0.29) is 15.4 Å². The first-order chi connectivity index (χ1) is 15.5. The van der Waals surface area contributed by atoms with E-state index >= 15 is 0 Å². The minimum atomic E-state index is -3.62. The molecule has 1 amide bonds. The van der Waals surface area contributed by atoms with Gasteiger partial charge in [0, 0.05) is 32.9 Å². The Kier molecular flexibility index (Phi) is 7.52. The number of benzene rings is 2. The minimum Gasteiger partial charge on any atom is -0.452 e. The van der Waals surface area contributed by atoms with E-state index in [1.165, 1.54) is 66.9 Å². The van der Waals surface area contributed by atoms with Gasteiger partial charge in [0.05, 0.1) is 15.4 Å². The summed E-state index contributed by atoms with van der Waals surface area (Å²) in [5.74, 6) is -1.39. The summed E-state index contributed by atoms with van der Waals surface area (Å²) in [6, 6.07) is 10.9. The summed E-state index contributed by atoms with van der Waals surface area (Å²) >= 11 is 0. The fraction of sp³-hybridized carbons (Fsp3) is 0.333. The number of hydrogen-bond donors (Lipinski definition) is 1. The van der Waals surface area contributed by atoms with Crippen LogP contribution in [-0.2, 0) is 29.6 Å². The van der Waals surface area contributed by atoms with E-state index < -0.39 is 38.5 Å². The third kappa shape index (κ3) is 5.77. The number of anilines is 1. The van der Waals surface area contributed by atoms with Crippen molar-refractivity contribution >= 4 is 37.6 Å². The summed E-state index contributed by atoms with van der Waals surface area (Å²) in [7, 11) is -4.36. The second-order valence-corrected chi connectivity index (χ2v) is 11.7. The van der Waals surface area contributed by atoms with Gasteiger partial charge >= 0.3 is 5.97 Å². The van der Waals surface area contributed by atoms with Gasteiger partial charge in [0.1, 0.15) is 0 Å². The van der Waals surface area contributed by atoms with Gasteiger partial charge in [-0.05, 0) is 61.4 Å². The van der Waals surface area contributed by atoms with Crippen molar-refractivity contribution < 1.29 is 31.2 Å². The Bertz CT molecular complexity index is 1220. The Morgan fingerprint density at radius 1 is 0.909 bits per heavy atom. The first-order valence-electron chi connectivity index (χ1n) is 10.1. The highest BCUT2D eigenvalue weighted by molar-refractivity contribution is 7.89. The number of rotatable bonds is 8. The maximum absolute atomic E-state index is 12.5. The number of hydrogen-bond acceptors (Lipinski definition) is 7. The van der Waals surface area contributed by atoms with Crippen LogP contribution in [0.5, 0.6) is 0 Å².